The molecule has 0 bridgehead atoms. The predicted molar refractivity (Wildman–Crippen MR) is 65.9 cm³/mol. The monoisotopic (exact) mass is 272 g/mol. The van der Waals surface area contributed by atoms with E-state index in [4.69, 9.17) is 16.3 Å². The lowest BCUT2D eigenvalue weighted by Gasteiger charge is -2.11. The van der Waals surface area contributed by atoms with Crippen molar-refractivity contribution in [1.29, 1.82) is 0 Å². The van der Waals surface area contributed by atoms with Crippen LogP contribution in [0.15, 0.2) is 0 Å². The van der Waals surface area contributed by atoms with Crippen molar-refractivity contribution in [3.05, 3.63) is 21.1 Å². The molecule has 7 nitrogen and oxygen atoms in total. The average molecular weight is 273 g/mol. The van der Waals surface area contributed by atoms with Gasteiger partial charge >= 0.3 is 5.69 Å². The van der Waals surface area contributed by atoms with Crippen LogP contribution in [0.2, 0.25) is 5.28 Å². The van der Waals surface area contributed by atoms with Gasteiger partial charge in [0.05, 0.1) is 11.0 Å². The molecule has 2 rings (SSSR count). The fourth-order valence-electron chi connectivity index (χ4n) is 1.89. The van der Waals surface area contributed by atoms with Gasteiger partial charge in [-0.1, -0.05) is 0 Å². The highest BCUT2D eigenvalue weighted by Crippen LogP contribution is 2.26. The molecular formula is C10H13ClN4O3. The first kappa shape index (κ1) is 13.0. The first-order chi connectivity index (χ1) is 8.58. The molecular weight excluding hydrogens is 260 g/mol. The molecule has 1 aliphatic rings. The second kappa shape index (κ2) is 5.45. The van der Waals surface area contributed by atoms with Crippen LogP contribution in [0.4, 0.5) is 11.5 Å². The highest BCUT2D eigenvalue weighted by atomic mass is 35.5. The summed E-state index contributed by atoms with van der Waals surface area (Å²) in [4.78, 5) is 18.1. The van der Waals surface area contributed by atoms with Crippen LogP contribution in [0.1, 0.15) is 18.5 Å². The number of rotatable bonds is 4. The van der Waals surface area contributed by atoms with E-state index >= 15 is 0 Å². The Kier molecular flexibility index (Phi) is 3.93. The average Bonchev–Trinajstić information content (AvgIpc) is 2.77. The van der Waals surface area contributed by atoms with Gasteiger partial charge in [0, 0.05) is 13.2 Å². The van der Waals surface area contributed by atoms with Gasteiger partial charge in [-0.05, 0) is 31.4 Å². The molecule has 1 atom stereocenters. The smallest absolute Gasteiger partial charge is 0.332 e. The number of halogens is 1. The standard InChI is InChI=1S/C10H13ClN4O3/c1-6-8(15(16)17)9(14-10(11)13-6)12-5-7-3-2-4-18-7/h7H,2-5H2,1H3,(H,12,13,14)/t7-/m0/s1. The Morgan fingerprint density at radius 1 is 1.61 bits per heavy atom. The maximum atomic E-state index is 11.0. The Morgan fingerprint density at radius 2 is 2.39 bits per heavy atom. The zero-order valence-corrected chi connectivity index (χ0v) is 10.6. The van der Waals surface area contributed by atoms with Gasteiger partial charge in [-0.25, -0.2) is 4.98 Å². The fraction of sp³-hybridized carbons (Fsp3) is 0.600. The SMILES string of the molecule is Cc1nc(Cl)nc(NC[C@@H]2CCCO2)c1[N+](=O)[O-]. The summed E-state index contributed by atoms with van der Waals surface area (Å²) in [6.07, 6.45) is 2.02. The minimum absolute atomic E-state index is 0.00654. The first-order valence-corrected chi connectivity index (χ1v) is 5.99. The molecule has 0 amide bonds. The molecule has 98 valence electrons. The number of anilines is 1. The number of nitrogens with zero attached hydrogens (tertiary/aromatic N) is 3. The molecule has 18 heavy (non-hydrogen) atoms. The third kappa shape index (κ3) is 2.85. The fourth-order valence-corrected chi connectivity index (χ4v) is 2.10. The van der Waals surface area contributed by atoms with Crippen LogP contribution in [0, 0.1) is 17.0 Å². The third-order valence-electron chi connectivity index (χ3n) is 2.73. The van der Waals surface area contributed by atoms with E-state index in [1.807, 2.05) is 0 Å². The minimum Gasteiger partial charge on any atom is -0.376 e. The van der Waals surface area contributed by atoms with Crippen molar-refractivity contribution in [2.45, 2.75) is 25.9 Å². The molecule has 1 aromatic rings. The minimum atomic E-state index is -0.510. The van der Waals surface area contributed by atoms with Crippen molar-refractivity contribution in [3.8, 4) is 0 Å². The number of hydrogen-bond donors (Lipinski definition) is 1. The topological polar surface area (TPSA) is 90.2 Å². The summed E-state index contributed by atoms with van der Waals surface area (Å²) in [7, 11) is 0. The Bertz CT molecular complexity index is 463. The van der Waals surface area contributed by atoms with Gasteiger partial charge in [-0.15, -0.1) is 0 Å². The lowest BCUT2D eigenvalue weighted by atomic mass is 10.2. The summed E-state index contributed by atoms with van der Waals surface area (Å²) >= 11 is 5.71. The predicted octanol–water partition coefficient (Wildman–Crippen LogP) is 1.94. The van der Waals surface area contributed by atoms with E-state index in [9.17, 15) is 10.1 Å². The third-order valence-corrected chi connectivity index (χ3v) is 2.90. The van der Waals surface area contributed by atoms with Gasteiger partial charge < -0.3 is 10.1 Å². The lowest BCUT2D eigenvalue weighted by Crippen LogP contribution is -2.20. The second-order valence-corrected chi connectivity index (χ2v) is 4.39. The van der Waals surface area contributed by atoms with Crippen molar-refractivity contribution in [2.24, 2.45) is 0 Å². The normalized spacial score (nSPS) is 18.9. The Balaban J connectivity index is 2.16. The van der Waals surface area contributed by atoms with E-state index < -0.39 is 4.92 Å². The van der Waals surface area contributed by atoms with Crippen LogP contribution in [-0.4, -0.2) is 34.1 Å². The molecule has 8 heteroatoms. The molecule has 0 radical (unpaired) electrons. The van der Waals surface area contributed by atoms with Gasteiger partial charge in [-0.2, -0.15) is 4.98 Å². The summed E-state index contributed by atoms with van der Waals surface area (Å²) < 4.78 is 5.43. The van der Waals surface area contributed by atoms with E-state index in [2.05, 4.69) is 15.3 Å². The van der Waals surface area contributed by atoms with Crippen molar-refractivity contribution < 1.29 is 9.66 Å². The summed E-state index contributed by atoms with van der Waals surface area (Å²) in [5.41, 5.74) is 0.104. The van der Waals surface area contributed by atoms with Crippen LogP contribution >= 0.6 is 11.6 Å². The highest BCUT2D eigenvalue weighted by molar-refractivity contribution is 6.28. The molecule has 1 fully saturated rings. The van der Waals surface area contributed by atoms with Crippen LogP contribution in [0.5, 0.6) is 0 Å². The molecule has 0 aliphatic carbocycles. The highest BCUT2D eigenvalue weighted by Gasteiger charge is 2.23. The Hall–Kier alpha value is -1.47. The molecule has 1 aliphatic heterocycles. The first-order valence-electron chi connectivity index (χ1n) is 5.62. The number of nitro groups is 1. The summed E-state index contributed by atoms with van der Waals surface area (Å²) in [5.74, 6) is 0.146. The molecule has 0 unspecified atom stereocenters. The Labute approximate surface area is 109 Å². The summed E-state index contributed by atoms with van der Waals surface area (Å²) in [6, 6.07) is 0. The van der Waals surface area contributed by atoms with E-state index in [1.54, 1.807) is 0 Å². The quantitative estimate of drug-likeness (QED) is 0.512. The molecule has 1 aromatic heterocycles. The number of ether oxygens (including phenoxy) is 1. The van der Waals surface area contributed by atoms with Gasteiger partial charge in [0.15, 0.2) is 0 Å². The van der Waals surface area contributed by atoms with Crippen LogP contribution in [0.25, 0.3) is 0 Å². The summed E-state index contributed by atoms with van der Waals surface area (Å²) in [6.45, 7) is 2.74. The van der Waals surface area contributed by atoms with Gasteiger partial charge in [0.25, 0.3) is 0 Å². The second-order valence-electron chi connectivity index (χ2n) is 4.05. The molecule has 0 spiro atoms. The maximum absolute atomic E-state index is 11.0. The molecule has 0 saturated carbocycles. The molecule has 2 heterocycles. The zero-order chi connectivity index (χ0) is 13.1. The number of nitrogens with one attached hydrogen (secondary N) is 1. The Morgan fingerprint density at radius 3 is 3.00 bits per heavy atom. The van der Waals surface area contributed by atoms with Gasteiger partial charge in [-0.3, -0.25) is 10.1 Å². The van der Waals surface area contributed by atoms with E-state index in [0.717, 1.165) is 19.4 Å². The number of aryl methyl sites for hydroxylation is 1. The van der Waals surface area contributed by atoms with E-state index in [0.29, 0.717) is 6.54 Å². The van der Waals surface area contributed by atoms with Gasteiger partial charge in [0.1, 0.15) is 5.69 Å². The van der Waals surface area contributed by atoms with E-state index in [-0.39, 0.29) is 28.6 Å². The molecule has 0 aromatic carbocycles. The summed E-state index contributed by atoms with van der Waals surface area (Å²) in [5, 5.41) is 13.9. The van der Waals surface area contributed by atoms with Crippen LogP contribution in [-0.2, 0) is 4.74 Å². The van der Waals surface area contributed by atoms with Crippen LogP contribution in [0.3, 0.4) is 0 Å². The van der Waals surface area contributed by atoms with Crippen molar-refractivity contribution in [2.75, 3.05) is 18.5 Å². The van der Waals surface area contributed by atoms with Gasteiger partial charge in [0.2, 0.25) is 11.1 Å². The van der Waals surface area contributed by atoms with Crippen molar-refractivity contribution in [1.82, 2.24) is 9.97 Å². The number of hydrogen-bond acceptors (Lipinski definition) is 6. The zero-order valence-electron chi connectivity index (χ0n) is 9.85. The van der Waals surface area contributed by atoms with Crippen molar-refractivity contribution >= 4 is 23.1 Å². The molecule has 1 saturated heterocycles. The van der Waals surface area contributed by atoms with E-state index in [1.165, 1.54) is 6.92 Å². The maximum Gasteiger partial charge on any atom is 0.332 e. The largest absolute Gasteiger partial charge is 0.376 e. The number of aromatic nitrogens is 2. The lowest BCUT2D eigenvalue weighted by molar-refractivity contribution is -0.385. The van der Waals surface area contributed by atoms with Crippen LogP contribution < -0.4 is 5.32 Å². The molecule has 1 N–H and O–H groups in total. The van der Waals surface area contributed by atoms with Crippen molar-refractivity contribution in [3.63, 3.8) is 0 Å².